The molecule has 3 N–H and O–H groups in total. The molecule has 7 heteroatoms. The Hall–Kier alpha value is -2.02. The Bertz CT molecular complexity index is 573. The van der Waals surface area contributed by atoms with E-state index >= 15 is 0 Å². The number of hydrogen-bond donors (Lipinski definition) is 3. The number of alkyl halides is 2. The smallest absolute Gasteiger partial charge is 0.262 e. The quantitative estimate of drug-likeness (QED) is 0.771. The first-order valence-corrected chi connectivity index (χ1v) is 7.55. The summed E-state index contributed by atoms with van der Waals surface area (Å²) in [5, 5.41) is 7.90. The van der Waals surface area contributed by atoms with Gasteiger partial charge in [0.15, 0.2) is 0 Å². The molecule has 1 aromatic rings. The molecule has 1 aliphatic heterocycles. The lowest BCUT2D eigenvalue weighted by Crippen LogP contribution is -2.35. The highest BCUT2D eigenvalue weighted by molar-refractivity contribution is 5.95. The normalized spacial score (nSPS) is 19.6. The van der Waals surface area contributed by atoms with Gasteiger partial charge in [-0.1, -0.05) is 12.1 Å². The summed E-state index contributed by atoms with van der Waals surface area (Å²) in [5.41, 5.74) is 1.33. The lowest BCUT2D eigenvalue weighted by Gasteiger charge is -2.12. The van der Waals surface area contributed by atoms with Gasteiger partial charge >= 0.3 is 0 Å². The van der Waals surface area contributed by atoms with Crippen LogP contribution in [0.3, 0.4) is 0 Å². The standard InChI is InChI=1S/C16H21F2N3O2/c1-10(2)20-14(22)7-11-3-5-12(6-4-11)21-15(23)13-8-16(17,18)9-19-13/h3-6,10,13,19H,7-9H2,1-2H3,(H,20,22)(H,21,23). The summed E-state index contributed by atoms with van der Waals surface area (Å²) in [7, 11) is 0. The summed E-state index contributed by atoms with van der Waals surface area (Å²) < 4.78 is 26.2. The lowest BCUT2D eigenvalue weighted by molar-refractivity contribution is -0.121. The maximum atomic E-state index is 13.1. The van der Waals surface area contributed by atoms with Gasteiger partial charge in [-0.25, -0.2) is 8.78 Å². The first kappa shape index (κ1) is 17.3. The third-order valence-electron chi connectivity index (χ3n) is 3.46. The van der Waals surface area contributed by atoms with Crippen LogP contribution in [-0.4, -0.2) is 36.4 Å². The molecule has 1 unspecified atom stereocenters. The Morgan fingerprint density at radius 1 is 1.30 bits per heavy atom. The molecular weight excluding hydrogens is 304 g/mol. The summed E-state index contributed by atoms with van der Waals surface area (Å²) in [6, 6.07) is 5.96. The van der Waals surface area contributed by atoms with Crippen molar-refractivity contribution < 1.29 is 18.4 Å². The molecule has 0 aliphatic carbocycles. The Labute approximate surface area is 133 Å². The summed E-state index contributed by atoms with van der Waals surface area (Å²) >= 11 is 0. The third-order valence-corrected chi connectivity index (χ3v) is 3.46. The maximum absolute atomic E-state index is 13.1. The number of nitrogens with one attached hydrogen (secondary N) is 3. The van der Waals surface area contributed by atoms with Crippen molar-refractivity contribution in [2.24, 2.45) is 0 Å². The highest BCUT2D eigenvalue weighted by atomic mass is 19.3. The number of halogens is 2. The van der Waals surface area contributed by atoms with Gasteiger partial charge < -0.3 is 10.6 Å². The van der Waals surface area contributed by atoms with Crippen LogP contribution in [0.25, 0.3) is 0 Å². The minimum absolute atomic E-state index is 0.0748. The molecule has 1 saturated heterocycles. The summed E-state index contributed by atoms with van der Waals surface area (Å²) in [5.74, 6) is -3.39. The van der Waals surface area contributed by atoms with E-state index in [1.807, 2.05) is 13.8 Å². The molecule has 2 amide bonds. The first-order valence-electron chi connectivity index (χ1n) is 7.55. The van der Waals surface area contributed by atoms with E-state index in [4.69, 9.17) is 0 Å². The van der Waals surface area contributed by atoms with Gasteiger partial charge in [0, 0.05) is 18.2 Å². The predicted octanol–water partition coefficient (Wildman–Crippen LogP) is 1.69. The summed E-state index contributed by atoms with van der Waals surface area (Å²) in [4.78, 5) is 23.6. The molecule has 0 spiro atoms. The number of carbonyl (C=O) groups is 2. The average molecular weight is 325 g/mol. The van der Waals surface area contributed by atoms with E-state index in [1.54, 1.807) is 24.3 Å². The summed E-state index contributed by atoms with van der Waals surface area (Å²) in [6.07, 6.45) is -0.241. The van der Waals surface area contributed by atoms with Gasteiger partial charge in [0.1, 0.15) is 0 Å². The lowest BCUT2D eigenvalue weighted by atomic mass is 10.1. The Balaban J connectivity index is 1.87. The SMILES string of the molecule is CC(C)NC(=O)Cc1ccc(NC(=O)C2CC(F)(F)CN2)cc1. The van der Waals surface area contributed by atoms with Gasteiger partial charge in [0.2, 0.25) is 11.8 Å². The minimum atomic E-state index is -2.84. The molecule has 0 bridgehead atoms. The molecule has 23 heavy (non-hydrogen) atoms. The van der Waals surface area contributed by atoms with Gasteiger partial charge in [-0.05, 0) is 31.5 Å². The summed E-state index contributed by atoms with van der Waals surface area (Å²) in [6.45, 7) is 3.29. The zero-order valence-corrected chi connectivity index (χ0v) is 13.2. The number of anilines is 1. The minimum Gasteiger partial charge on any atom is -0.354 e. The van der Waals surface area contributed by atoms with Crippen molar-refractivity contribution in [3.63, 3.8) is 0 Å². The molecule has 5 nitrogen and oxygen atoms in total. The molecule has 0 radical (unpaired) electrons. The van der Waals surface area contributed by atoms with E-state index in [9.17, 15) is 18.4 Å². The molecule has 1 atom stereocenters. The third kappa shape index (κ3) is 5.28. The molecule has 0 aromatic heterocycles. The molecular formula is C16H21F2N3O2. The van der Waals surface area contributed by atoms with Crippen LogP contribution < -0.4 is 16.0 Å². The van der Waals surface area contributed by atoms with Crippen molar-refractivity contribution in [2.45, 2.75) is 44.7 Å². The van der Waals surface area contributed by atoms with E-state index in [-0.39, 0.29) is 18.4 Å². The predicted molar refractivity (Wildman–Crippen MR) is 83.4 cm³/mol. The van der Waals surface area contributed by atoms with Crippen LogP contribution in [-0.2, 0) is 16.0 Å². The van der Waals surface area contributed by atoms with E-state index in [0.29, 0.717) is 5.69 Å². The highest BCUT2D eigenvalue weighted by Gasteiger charge is 2.42. The van der Waals surface area contributed by atoms with Crippen molar-refractivity contribution in [3.8, 4) is 0 Å². The first-order chi connectivity index (χ1) is 10.7. The topological polar surface area (TPSA) is 70.2 Å². The molecule has 126 valence electrons. The molecule has 1 aromatic carbocycles. The second kappa shape index (κ2) is 7.04. The fourth-order valence-corrected chi connectivity index (χ4v) is 2.39. The van der Waals surface area contributed by atoms with Crippen LogP contribution in [0.2, 0.25) is 0 Å². The molecule has 2 rings (SSSR count). The fourth-order valence-electron chi connectivity index (χ4n) is 2.39. The van der Waals surface area contributed by atoms with Crippen molar-refractivity contribution in [2.75, 3.05) is 11.9 Å². The van der Waals surface area contributed by atoms with Gasteiger partial charge in [-0.15, -0.1) is 0 Å². The number of carbonyl (C=O) groups excluding carboxylic acids is 2. The van der Waals surface area contributed by atoms with Crippen molar-refractivity contribution >= 4 is 17.5 Å². The second-order valence-corrected chi connectivity index (χ2v) is 6.08. The largest absolute Gasteiger partial charge is 0.354 e. The van der Waals surface area contributed by atoms with Gasteiger partial charge in [-0.3, -0.25) is 14.9 Å². The maximum Gasteiger partial charge on any atom is 0.262 e. The van der Waals surface area contributed by atoms with Crippen molar-refractivity contribution in [1.29, 1.82) is 0 Å². The zero-order valence-electron chi connectivity index (χ0n) is 13.2. The Morgan fingerprint density at radius 3 is 2.48 bits per heavy atom. The number of benzene rings is 1. The molecule has 1 fully saturated rings. The van der Waals surface area contributed by atoms with E-state index in [0.717, 1.165) is 5.56 Å². The van der Waals surface area contributed by atoms with Gasteiger partial charge in [0.25, 0.3) is 5.92 Å². The van der Waals surface area contributed by atoms with Crippen LogP contribution in [0.5, 0.6) is 0 Å². The van der Waals surface area contributed by atoms with E-state index in [2.05, 4.69) is 16.0 Å². The zero-order chi connectivity index (χ0) is 17.0. The number of amides is 2. The molecule has 0 saturated carbocycles. The number of hydrogen-bond acceptors (Lipinski definition) is 3. The van der Waals surface area contributed by atoms with E-state index in [1.165, 1.54) is 0 Å². The number of rotatable bonds is 5. The van der Waals surface area contributed by atoms with Crippen molar-refractivity contribution in [1.82, 2.24) is 10.6 Å². The van der Waals surface area contributed by atoms with Gasteiger partial charge in [0.05, 0.1) is 19.0 Å². The Kier molecular flexibility index (Phi) is 5.30. The van der Waals surface area contributed by atoms with E-state index < -0.39 is 30.8 Å². The monoisotopic (exact) mass is 325 g/mol. The van der Waals surface area contributed by atoms with Crippen LogP contribution in [0.4, 0.5) is 14.5 Å². The fraction of sp³-hybridized carbons (Fsp3) is 0.500. The molecule has 1 heterocycles. The van der Waals surface area contributed by atoms with Crippen LogP contribution in [0.15, 0.2) is 24.3 Å². The second-order valence-electron chi connectivity index (χ2n) is 6.08. The van der Waals surface area contributed by atoms with Gasteiger partial charge in [-0.2, -0.15) is 0 Å². The van der Waals surface area contributed by atoms with Crippen LogP contribution >= 0.6 is 0 Å². The average Bonchev–Trinajstić information content (AvgIpc) is 2.80. The van der Waals surface area contributed by atoms with Crippen LogP contribution in [0, 0.1) is 0 Å². The van der Waals surface area contributed by atoms with Crippen molar-refractivity contribution in [3.05, 3.63) is 29.8 Å². The highest BCUT2D eigenvalue weighted by Crippen LogP contribution is 2.25. The van der Waals surface area contributed by atoms with Crippen LogP contribution in [0.1, 0.15) is 25.8 Å². The molecule has 1 aliphatic rings. The Morgan fingerprint density at radius 2 is 1.96 bits per heavy atom.